The van der Waals surface area contributed by atoms with Crippen molar-refractivity contribution in [2.75, 3.05) is 20.4 Å². The molecule has 0 bridgehead atoms. The van der Waals surface area contributed by atoms with E-state index in [0.717, 1.165) is 11.1 Å². The molecule has 150 valence electrons. The van der Waals surface area contributed by atoms with Crippen molar-refractivity contribution < 1.29 is 14.3 Å². The number of hydrogen-bond acceptors (Lipinski definition) is 4. The molecule has 2 aromatic rings. The van der Waals surface area contributed by atoms with Gasteiger partial charge in [-0.15, -0.1) is 11.8 Å². The Balaban J connectivity index is 2.08. The SMILES string of the molecule is COc1cc(C=CC(=O)N(C)Cc2ccc(SC)cc2)cc(Cl)c1OC(C)C. The van der Waals surface area contributed by atoms with Crippen LogP contribution in [0.2, 0.25) is 5.02 Å². The molecule has 0 fully saturated rings. The first-order chi connectivity index (χ1) is 13.3. The van der Waals surface area contributed by atoms with E-state index in [0.29, 0.717) is 23.1 Å². The van der Waals surface area contributed by atoms with Crippen molar-refractivity contribution in [2.24, 2.45) is 0 Å². The molecule has 0 N–H and O–H groups in total. The maximum Gasteiger partial charge on any atom is 0.246 e. The molecule has 2 rings (SSSR count). The lowest BCUT2D eigenvalue weighted by Gasteiger charge is -2.16. The van der Waals surface area contributed by atoms with Crippen molar-refractivity contribution in [2.45, 2.75) is 31.4 Å². The quantitative estimate of drug-likeness (QED) is 0.416. The molecule has 0 spiro atoms. The van der Waals surface area contributed by atoms with Gasteiger partial charge in [0, 0.05) is 24.6 Å². The van der Waals surface area contributed by atoms with Crippen LogP contribution in [0.25, 0.3) is 6.08 Å². The van der Waals surface area contributed by atoms with Crippen LogP contribution in [0, 0.1) is 0 Å². The van der Waals surface area contributed by atoms with Gasteiger partial charge in [-0.3, -0.25) is 4.79 Å². The van der Waals surface area contributed by atoms with Gasteiger partial charge in [0.05, 0.1) is 18.2 Å². The molecule has 0 aliphatic carbocycles. The number of nitrogens with zero attached hydrogens (tertiary/aromatic N) is 1. The standard InChI is InChI=1S/C22H26ClNO3S/c1-15(2)27-22-19(23)12-17(13-20(22)26-4)8-11-21(25)24(3)14-16-6-9-18(28-5)10-7-16/h6-13,15H,14H2,1-5H3. The number of rotatable bonds is 8. The van der Waals surface area contributed by atoms with E-state index in [1.807, 2.05) is 32.2 Å². The molecule has 2 aromatic carbocycles. The van der Waals surface area contributed by atoms with E-state index in [4.69, 9.17) is 21.1 Å². The highest BCUT2D eigenvalue weighted by atomic mass is 35.5. The molecule has 4 nitrogen and oxygen atoms in total. The Morgan fingerprint density at radius 1 is 1.25 bits per heavy atom. The fraction of sp³-hybridized carbons (Fsp3) is 0.318. The summed E-state index contributed by atoms with van der Waals surface area (Å²) in [5.41, 5.74) is 1.85. The third kappa shape index (κ3) is 6.21. The number of carbonyl (C=O) groups is 1. The summed E-state index contributed by atoms with van der Waals surface area (Å²) >= 11 is 8.03. The highest BCUT2D eigenvalue weighted by Crippen LogP contribution is 2.37. The van der Waals surface area contributed by atoms with E-state index >= 15 is 0 Å². The van der Waals surface area contributed by atoms with E-state index in [1.165, 1.54) is 11.0 Å². The van der Waals surface area contributed by atoms with Crippen LogP contribution in [0.5, 0.6) is 11.5 Å². The first-order valence-electron chi connectivity index (χ1n) is 8.94. The van der Waals surface area contributed by atoms with E-state index < -0.39 is 0 Å². The van der Waals surface area contributed by atoms with Crippen molar-refractivity contribution in [3.8, 4) is 11.5 Å². The van der Waals surface area contributed by atoms with E-state index in [2.05, 4.69) is 12.1 Å². The topological polar surface area (TPSA) is 38.8 Å². The molecular formula is C22H26ClNO3S. The lowest BCUT2D eigenvalue weighted by atomic mass is 10.1. The second-order valence-electron chi connectivity index (χ2n) is 6.58. The minimum Gasteiger partial charge on any atom is -0.493 e. The number of thioether (sulfide) groups is 1. The van der Waals surface area contributed by atoms with Gasteiger partial charge in [-0.1, -0.05) is 23.7 Å². The molecule has 1 amide bonds. The van der Waals surface area contributed by atoms with Crippen LogP contribution >= 0.6 is 23.4 Å². The summed E-state index contributed by atoms with van der Waals surface area (Å²) in [5.74, 6) is 0.954. The first kappa shape index (κ1) is 22.2. The maximum absolute atomic E-state index is 12.4. The molecule has 0 atom stereocenters. The molecule has 0 heterocycles. The summed E-state index contributed by atoms with van der Waals surface area (Å²) in [6.45, 7) is 4.39. The summed E-state index contributed by atoms with van der Waals surface area (Å²) in [6, 6.07) is 11.8. The van der Waals surface area contributed by atoms with Gasteiger partial charge in [-0.05, 0) is 61.6 Å². The zero-order valence-corrected chi connectivity index (χ0v) is 18.4. The van der Waals surface area contributed by atoms with Gasteiger partial charge >= 0.3 is 0 Å². The van der Waals surface area contributed by atoms with Gasteiger partial charge in [0.25, 0.3) is 0 Å². The smallest absolute Gasteiger partial charge is 0.246 e. The molecule has 0 unspecified atom stereocenters. The van der Waals surface area contributed by atoms with E-state index in [-0.39, 0.29) is 12.0 Å². The largest absolute Gasteiger partial charge is 0.493 e. The number of carbonyl (C=O) groups excluding carboxylic acids is 1. The zero-order valence-electron chi connectivity index (χ0n) is 16.9. The molecule has 6 heteroatoms. The molecule has 28 heavy (non-hydrogen) atoms. The highest BCUT2D eigenvalue weighted by molar-refractivity contribution is 7.98. The fourth-order valence-electron chi connectivity index (χ4n) is 2.56. The molecule has 0 saturated carbocycles. The third-order valence-corrected chi connectivity index (χ3v) is 5.00. The molecule has 0 aliphatic rings. The van der Waals surface area contributed by atoms with Gasteiger partial charge in [0.2, 0.25) is 5.91 Å². The second kappa shape index (κ2) is 10.4. The third-order valence-electron chi connectivity index (χ3n) is 3.98. The van der Waals surface area contributed by atoms with Crippen molar-refractivity contribution in [1.82, 2.24) is 4.90 Å². The Bertz CT molecular complexity index is 834. The van der Waals surface area contributed by atoms with Crippen LogP contribution in [-0.4, -0.2) is 37.3 Å². The lowest BCUT2D eigenvalue weighted by Crippen LogP contribution is -2.24. The van der Waals surface area contributed by atoms with Crippen LogP contribution in [0.3, 0.4) is 0 Å². The summed E-state index contributed by atoms with van der Waals surface area (Å²) in [4.78, 5) is 15.3. The Hall–Kier alpha value is -2.11. The number of hydrogen-bond donors (Lipinski definition) is 0. The minimum absolute atomic E-state index is 0.0204. The summed E-state index contributed by atoms with van der Waals surface area (Å²) < 4.78 is 11.1. The van der Waals surface area contributed by atoms with Crippen LogP contribution in [0.15, 0.2) is 47.4 Å². The van der Waals surface area contributed by atoms with E-state index in [1.54, 1.807) is 49.0 Å². The Labute approximate surface area is 176 Å². The number of amides is 1. The van der Waals surface area contributed by atoms with Crippen LogP contribution < -0.4 is 9.47 Å². The molecular weight excluding hydrogens is 394 g/mol. The fourth-order valence-corrected chi connectivity index (χ4v) is 3.24. The molecule has 0 aromatic heterocycles. The summed E-state index contributed by atoms with van der Waals surface area (Å²) in [5, 5.41) is 0.447. The van der Waals surface area contributed by atoms with Crippen LogP contribution in [0.1, 0.15) is 25.0 Å². The number of ether oxygens (including phenoxy) is 2. The van der Waals surface area contributed by atoms with Gasteiger partial charge in [0.1, 0.15) is 0 Å². The second-order valence-corrected chi connectivity index (χ2v) is 7.86. The van der Waals surface area contributed by atoms with Gasteiger partial charge in [-0.25, -0.2) is 0 Å². The Kier molecular flexibility index (Phi) is 8.27. The minimum atomic E-state index is -0.0912. The predicted molar refractivity (Wildman–Crippen MR) is 117 cm³/mol. The predicted octanol–water partition coefficient (Wildman–Crippen LogP) is 5.53. The summed E-state index contributed by atoms with van der Waals surface area (Å²) in [6.07, 6.45) is 5.28. The first-order valence-corrected chi connectivity index (χ1v) is 10.5. The zero-order chi connectivity index (χ0) is 20.7. The highest BCUT2D eigenvalue weighted by Gasteiger charge is 2.13. The monoisotopic (exact) mass is 419 g/mol. The molecule has 0 aliphatic heterocycles. The van der Waals surface area contributed by atoms with Crippen LogP contribution in [-0.2, 0) is 11.3 Å². The van der Waals surface area contributed by atoms with Crippen molar-refractivity contribution in [3.05, 3.63) is 58.6 Å². The van der Waals surface area contributed by atoms with Crippen molar-refractivity contribution >= 4 is 35.3 Å². The van der Waals surface area contributed by atoms with Gasteiger partial charge < -0.3 is 14.4 Å². The lowest BCUT2D eigenvalue weighted by molar-refractivity contribution is -0.125. The number of halogens is 1. The van der Waals surface area contributed by atoms with Gasteiger partial charge in [0.15, 0.2) is 11.5 Å². The molecule has 0 saturated heterocycles. The van der Waals surface area contributed by atoms with Crippen molar-refractivity contribution in [1.29, 1.82) is 0 Å². The Morgan fingerprint density at radius 3 is 2.50 bits per heavy atom. The number of methoxy groups -OCH3 is 1. The Morgan fingerprint density at radius 2 is 1.93 bits per heavy atom. The molecule has 0 radical (unpaired) electrons. The average Bonchev–Trinajstić information content (AvgIpc) is 2.68. The summed E-state index contributed by atoms with van der Waals surface area (Å²) in [7, 11) is 3.34. The van der Waals surface area contributed by atoms with E-state index in [9.17, 15) is 4.79 Å². The van der Waals surface area contributed by atoms with Crippen LogP contribution in [0.4, 0.5) is 0 Å². The van der Waals surface area contributed by atoms with Crippen molar-refractivity contribution in [3.63, 3.8) is 0 Å². The average molecular weight is 420 g/mol. The normalized spacial score (nSPS) is 11.1. The van der Waals surface area contributed by atoms with Gasteiger partial charge in [-0.2, -0.15) is 0 Å². The maximum atomic E-state index is 12.4. The number of likely N-dealkylation sites (N-methyl/N-ethyl adjacent to an activating group) is 1. The number of benzene rings is 2.